The molecule has 6 nitrogen and oxygen atoms in total. The van der Waals surface area contributed by atoms with E-state index in [2.05, 4.69) is 158 Å². The average molecular weight is 993 g/mol. The number of rotatable bonds is 32. The smallest absolute Gasteiger partial charge is 0.362 e. The summed E-state index contributed by atoms with van der Waals surface area (Å²) >= 11 is 0. The molecule has 2 fully saturated rings. The van der Waals surface area contributed by atoms with Crippen molar-refractivity contribution >= 4 is 17.2 Å². The van der Waals surface area contributed by atoms with Gasteiger partial charge in [-0.3, -0.25) is 4.52 Å². The third kappa shape index (κ3) is 34.1. The van der Waals surface area contributed by atoms with Gasteiger partial charge in [0.1, 0.15) is 12.2 Å². The minimum absolute atomic E-state index is 0.0676. The van der Waals surface area contributed by atoms with E-state index in [0.717, 1.165) is 77.4 Å². The minimum atomic E-state index is -1.94. The summed E-state index contributed by atoms with van der Waals surface area (Å²) in [6.07, 6.45) is 49.7. The van der Waals surface area contributed by atoms with Crippen molar-refractivity contribution in [3.05, 3.63) is 0 Å². The lowest BCUT2D eigenvalue weighted by Crippen LogP contribution is -2.38. The average Bonchev–Trinajstić information content (AvgIpc) is 3.38. The molecule has 0 aromatic heterocycles. The Kier molecular flexibility index (Phi) is 39.3. The van der Waals surface area contributed by atoms with E-state index in [0.29, 0.717) is 11.8 Å². The van der Waals surface area contributed by atoms with Crippen LogP contribution in [0, 0.1) is 161 Å². The minimum Gasteiger partial charge on any atom is -0.362 e. The van der Waals surface area contributed by atoms with Crippen LogP contribution in [0.3, 0.4) is 0 Å². The van der Waals surface area contributed by atoms with Crippen molar-refractivity contribution in [3.63, 3.8) is 0 Å². The van der Waals surface area contributed by atoms with E-state index >= 15 is 0 Å². The van der Waals surface area contributed by atoms with Gasteiger partial charge in [-0.15, -0.1) is 12.8 Å². The highest BCUT2D eigenvalue weighted by Crippen LogP contribution is 2.52. The van der Waals surface area contributed by atoms with Gasteiger partial charge >= 0.3 is 17.2 Å². The van der Waals surface area contributed by atoms with Crippen molar-refractivity contribution in [1.29, 1.82) is 0 Å². The Hall–Kier alpha value is -4.98. The SMILES string of the molecule is C#CC#CC#CC#CC#CC#COP(OC#CC#CC#CC#CC#CC#C)OC1CCC(C(C)(C)C2CCC(OP(OCCCCCCCCCCCC)OCCCCCCCCCCCC)CC2)CC1. The fourth-order valence-corrected chi connectivity index (χ4v) is 10.7. The Balaban J connectivity index is 1.92. The first-order chi connectivity index (χ1) is 34.9. The fourth-order valence-electron chi connectivity index (χ4n) is 8.70. The topological polar surface area (TPSA) is 55.4 Å². The molecule has 0 N–H and O–H groups in total. The number of terminal acetylenes is 2. The quantitative estimate of drug-likeness (QED) is 0.0380. The molecule has 0 bridgehead atoms. The molecule has 2 aliphatic carbocycles. The van der Waals surface area contributed by atoms with Crippen LogP contribution >= 0.6 is 17.2 Å². The lowest BCUT2D eigenvalue weighted by molar-refractivity contribution is 0.00480. The summed E-state index contributed by atoms with van der Waals surface area (Å²) in [5.74, 6) is 51.2. The summed E-state index contributed by atoms with van der Waals surface area (Å²) in [5, 5.41) is 0. The molecule has 0 saturated heterocycles. The summed E-state index contributed by atoms with van der Waals surface area (Å²) in [7, 11) is -3.29. The summed E-state index contributed by atoms with van der Waals surface area (Å²) in [6.45, 7) is 10.9. The van der Waals surface area contributed by atoms with E-state index in [-0.39, 0.29) is 17.6 Å². The summed E-state index contributed by atoms with van der Waals surface area (Å²) < 4.78 is 37.0. The second-order valence-electron chi connectivity index (χ2n) is 18.4. The van der Waals surface area contributed by atoms with Gasteiger partial charge in [-0.05, 0) is 141 Å². The summed E-state index contributed by atoms with van der Waals surface area (Å²) in [4.78, 5) is 0. The standard InChI is InChI=1S/C63H78O6P2/c1-7-11-15-19-23-27-31-35-39-43-55-64-70(65-56-44-40-36-32-28-24-20-16-12-8-2)68-61-51-47-59(48-52-61)63(5,6)60-49-53-62(54-50-60)69-71(66-57-45-41-37-33-29-25-21-17-13-9-3)67-58-46-42-38-34-30-26-22-18-14-10-4/h1-2,59-62H,9-10,13-14,17-18,21-22,25-26,29-30,33-34,37-38,41-42,45-54,57-58H2,3-6H3. The van der Waals surface area contributed by atoms with Crippen LogP contribution in [0.15, 0.2) is 0 Å². The van der Waals surface area contributed by atoms with Crippen molar-refractivity contribution in [2.75, 3.05) is 13.2 Å². The second-order valence-corrected chi connectivity index (χ2v) is 20.6. The van der Waals surface area contributed by atoms with Gasteiger partial charge in [0.2, 0.25) is 0 Å². The lowest BCUT2D eigenvalue weighted by Gasteiger charge is -2.46. The van der Waals surface area contributed by atoms with E-state index in [1.807, 2.05) is 0 Å². The van der Waals surface area contributed by atoms with E-state index in [9.17, 15) is 0 Å². The predicted octanol–water partition coefficient (Wildman–Crippen LogP) is 14.7. The molecule has 0 heterocycles. The zero-order valence-electron chi connectivity index (χ0n) is 43.5. The van der Waals surface area contributed by atoms with Gasteiger partial charge < -0.3 is 22.6 Å². The molecule has 71 heavy (non-hydrogen) atoms. The molecule has 0 amide bonds. The van der Waals surface area contributed by atoms with E-state index in [4.69, 9.17) is 40.0 Å². The lowest BCUT2D eigenvalue weighted by atomic mass is 9.60. The molecule has 0 unspecified atom stereocenters. The second kappa shape index (κ2) is 44.9. The molecule has 0 spiro atoms. The Bertz CT molecular complexity index is 2110. The Morgan fingerprint density at radius 1 is 0.366 bits per heavy atom. The van der Waals surface area contributed by atoms with Crippen LogP contribution in [0.5, 0.6) is 0 Å². The molecule has 0 atom stereocenters. The maximum absolute atomic E-state index is 6.69. The first kappa shape index (κ1) is 62.1. The number of hydrogen-bond acceptors (Lipinski definition) is 6. The molecule has 0 aromatic carbocycles. The molecule has 0 aromatic rings. The summed E-state index contributed by atoms with van der Waals surface area (Å²) in [6, 6.07) is 0. The maximum atomic E-state index is 6.69. The largest absolute Gasteiger partial charge is 0.481 e. The molecular formula is C63H78O6P2. The van der Waals surface area contributed by atoms with Gasteiger partial charge in [-0.2, -0.15) is 0 Å². The normalized spacial score (nSPS) is 16.3. The Morgan fingerprint density at radius 2 is 0.648 bits per heavy atom. The first-order valence-corrected chi connectivity index (χ1v) is 28.6. The van der Waals surface area contributed by atoms with Gasteiger partial charge in [0.05, 0.1) is 25.4 Å². The van der Waals surface area contributed by atoms with E-state index in [1.165, 1.54) is 116 Å². The van der Waals surface area contributed by atoms with Crippen LogP contribution in [0.1, 0.15) is 207 Å². The van der Waals surface area contributed by atoms with Gasteiger partial charge in [0.25, 0.3) is 0 Å². The third-order valence-corrected chi connectivity index (χ3v) is 15.0. The van der Waals surface area contributed by atoms with Crippen LogP contribution in [0.25, 0.3) is 0 Å². The third-order valence-electron chi connectivity index (χ3n) is 12.8. The van der Waals surface area contributed by atoms with Crippen molar-refractivity contribution in [3.8, 4) is 143 Å². The zero-order chi connectivity index (χ0) is 51.0. The fraction of sp³-hybridized carbons (Fsp3) is 0.619. The van der Waals surface area contributed by atoms with Crippen LogP contribution in [-0.4, -0.2) is 25.4 Å². The van der Waals surface area contributed by atoms with E-state index in [1.54, 1.807) is 0 Å². The van der Waals surface area contributed by atoms with Gasteiger partial charge in [-0.25, -0.2) is 0 Å². The molecule has 2 aliphatic rings. The highest BCUT2D eigenvalue weighted by molar-refractivity contribution is 7.42. The molecule has 0 radical (unpaired) electrons. The maximum Gasteiger partial charge on any atom is 0.481 e. The van der Waals surface area contributed by atoms with Crippen molar-refractivity contribution in [2.45, 2.75) is 220 Å². The van der Waals surface area contributed by atoms with Crippen molar-refractivity contribution in [1.82, 2.24) is 0 Å². The molecular weight excluding hydrogens is 915 g/mol. The first-order valence-electron chi connectivity index (χ1n) is 26.4. The summed E-state index contributed by atoms with van der Waals surface area (Å²) in [5.41, 5.74) is 0.178. The van der Waals surface area contributed by atoms with Gasteiger partial charge in [-0.1, -0.05) is 143 Å². The molecule has 2 rings (SSSR count). The van der Waals surface area contributed by atoms with Crippen LogP contribution in [0.2, 0.25) is 0 Å². The van der Waals surface area contributed by atoms with Crippen LogP contribution < -0.4 is 0 Å². The highest BCUT2D eigenvalue weighted by Gasteiger charge is 2.42. The molecule has 8 heteroatoms. The van der Waals surface area contributed by atoms with Crippen LogP contribution in [0.4, 0.5) is 0 Å². The molecule has 0 aliphatic heterocycles. The number of unbranched alkanes of at least 4 members (excludes halogenated alkanes) is 18. The number of hydrogen-bond donors (Lipinski definition) is 0. The van der Waals surface area contributed by atoms with Crippen LogP contribution in [-0.2, 0) is 27.1 Å². The molecule has 2 saturated carbocycles. The van der Waals surface area contributed by atoms with E-state index < -0.39 is 17.2 Å². The monoisotopic (exact) mass is 993 g/mol. The Labute approximate surface area is 436 Å². The predicted molar refractivity (Wildman–Crippen MR) is 294 cm³/mol. The highest BCUT2D eigenvalue weighted by atomic mass is 31.2. The molecule has 376 valence electrons. The van der Waals surface area contributed by atoms with Crippen molar-refractivity contribution in [2.24, 2.45) is 17.3 Å². The van der Waals surface area contributed by atoms with Gasteiger partial charge in [0, 0.05) is 59.2 Å². The van der Waals surface area contributed by atoms with Gasteiger partial charge in [0.15, 0.2) is 0 Å². The zero-order valence-corrected chi connectivity index (χ0v) is 45.3. The van der Waals surface area contributed by atoms with Crippen molar-refractivity contribution < 1.29 is 27.1 Å². The Morgan fingerprint density at radius 3 is 0.972 bits per heavy atom.